The summed E-state index contributed by atoms with van der Waals surface area (Å²) in [5, 5.41) is 2.48. The lowest BCUT2D eigenvalue weighted by atomic mass is 9.77. The molecule has 5 aromatic carbocycles. The fourth-order valence-corrected chi connectivity index (χ4v) is 7.64. The molecule has 8 rings (SSSR count). The van der Waals surface area contributed by atoms with E-state index in [9.17, 15) is 0 Å². The molecule has 7 aromatic rings. The summed E-state index contributed by atoms with van der Waals surface area (Å²) < 4.78 is 2.35. The number of rotatable bonds is 5. The first kappa shape index (κ1) is 32.8. The molecule has 0 fully saturated rings. The van der Waals surface area contributed by atoms with Gasteiger partial charge in [0, 0.05) is 33.8 Å². The van der Waals surface area contributed by atoms with E-state index >= 15 is 0 Å². The SMILES string of the molecule is CC(C)(C)c1ccc(N2CN(c3cccc(C(C)(C)c4ccc5c6ccccc6n(-c6cc(C(C)(C)C)ccn6)c5c4)c3)c3ccccc32)cc1. The highest BCUT2D eigenvalue weighted by molar-refractivity contribution is 6.09. The van der Waals surface area contributed by atoms with Crippen molar-refractivity contribution in [3.63, 3.8) is 0 Å². The largest absolute Gasteiger partial charge is 0.321 e. The minimum Gasteiger partial charge on any atom is -0.321 e. The summed E-state index contributed by atoms with van der Waals surface area (Å²) in [6.07, 6.45) is 1.95. The van der Waals surface area contributed by atoms with Crippen LogP contribution in [-0.4, -0.2) is 16.2 Å². The third-order valence-corrected chi connectivity index (χ3v) is 10.9. The van der Waals surface area contributed by atoms with Crippen LogP contribution in [0, 0.1) is 0 Å². The first-order valence-corrected chi connectivity index (χ1v) is 18.2. The van der Waals surface area contributed by atoms with Gasteiger partial charge < -0.3 is 9.80 Å². The van der Waals surface area contributed by atoms with E-state index < -0.39 is 0 Å². The number of hydrogen-bond acceptors (Lipinski definition) is 3. The highest BCUT2D eigenvalue weighted by atomic mass is 15.4. The van der Waals surface area contributed by atoms with E-state index in [1.165, 1.54) is 66.8 Å². The summed E-state index contributed by atoms with van der Waals surface area (Å²) in [6.45, 7) is 19.0. The van der Waals surface area contributed by atoms with E-state index in [2.05, 4.69) is 197 Å². The summed E-state index contributed by atoms with van der Waals surface area (Å²) in [5.41, 5.74) is 12.3. The van der Waals surface area contributed by atoms with Crippen LogP contribution in [0.15, 0.2) is 134 Å². The molecule has 1 aliphatic rings. The van der Waals surface area contributed by atoms with E-state index in [-0.39, 0.29) is 16.2 Å². The third-order valence-electron chi connectivity index (χ3n) is 10.9. The van der Waals surface area contributed by atoms with Gasteiger partial charge in [-0.15, -0.1) is 0 Å². The van der Waals surface area contributed by atoms with Crippen molar-refractivity contribution in [1.82, 2.24) is 9.55 Å². The molecular formula is C47H48N4. The second-order valence-electron chi connectivity index (χ2n) is 16.7. The standard InChI is InChI=1S/C47H48N4/c1-45(2,3)32-20-23-36(24-21-32)49-31-50(42-19-12-11-18-41(42)49)37-15-13-14-34(28-37)47(7,8)35-22-25-39-38-16-9-10-17-40(38)51(43(39)29-35)44-30-33(26-27-48-44)46(4,5)6/h9-30H,31H2,1-8H3. The van der Waals surface area contributed by atoms with Gasteiger partial charge in [-0.1, -0.05) is 122 Å². The smallest absolute Gasteiger partial charge is 0.137 e. The van der Waals surface area contributed by atoms with Gasteiger partial charge in [0.05, 0.1) is 22.4 Å². The Kier molecular flexibility index (Phi) is 7.64. The zero-order valence-electron chi connectivity index (χ0n) is 31.2. The summed E-state index contributed by atoms with van der Waals surface area (Å²) in [4.78, 5) is 9.79. The Labute approximate surface area is 303 Å². The minimum absolute atomic E-state index is 0.0262. The van der Waals surface area contributed by atoms with Crippen LogP contribution in [0.3, 0.4) is 0 Å². The molecular weight excluding hydrogens is 621 g/mol. The van der Waals surface area contributed by atoms with Crippen LogP contribution in [0.2, 0.25) is 0 Å². The number of aromatic nitrogens is 2. The predicted molar refractivity (Wildman–Crippen MR) is 217 cm³/mol. The van der Waals surface area contributed by atoms with Crippen LogP contribution in [0.5, 0.6) is 0 Å². The zero-order valence-corrected chi connectivity index (χ0v) is 31.2. The highest BCUT2D eigenvalue weighted by Gasteiger charge is 2.30. The normalized spacial score (nSPS) is 13.7. The minimum atomic E-state index is -0.256. The molecule has 4 heteroatoms. The van der Waals surface area contributed by atoms with Gasteiger partial charge in [0.2, 0.25) is 0 Å². The van der Waals surface area contributed by atoms with Crippen molar-refractivity contribution in [3.8, 4) is 5.82 Å². The van der Waals surface area contributed by atoms with E-state index in [0.717, 1.165) is 12.5 Å². The van der Waals surface area contributed by atoms with Crippen molar-refractivity contribution >= 4 is 44.6 Å². The number of fused-ring (bicyclic) bond motifs is 4. The lowest BCUT2D eigenvalue weighted by molar-refractivity contribution is 0.588. The fourth-order valence-electron chi connectivity index (χ4n) is 7.64. The maximum absolute atomic E-state index is 4.92. The van der Waals surface area contributed by atoms with E-state index in [1.807, 2.05) is 6.20 Å². The Morgan fingerprint density at radius 3 is 1.78 bits per heavy atom. The average molecular weight is 669 g/mol. The highest BCUT2D eigenvalue weighted by Crippen LogP contribution is 2.46. The molecule has 0 saturated heterocycles. The van der Waals surface area contributed by atoms with Crippen molar-refractivity contribution in [3.05, 3.63) is 156 Å². The summed E-state index contributed by atoms with van der Waals surface area (Å²) in [5.74, 6) is 0.955. The average Bonchev–Trinajstić information content (AvgIpc) is 3.67. The second kappa shape index (κ2) is 11.9. The van der Waals surface area contributed by atoms with Crippen LogP contribution in [-0.2, 0) is 16.2 Å². The van der Waals surface area contributed by atoms with Crippen LogP contribution >= 0.6 is 0 Å². The number of anilines is 4. The molecule has 0 unspecified atom stereocenters. The maximum Gasteiger partial charge on any atom is 0.137 e. The molecule has 3 heterocycles. The molecule has 0 N–H and O–H groups in total. The summed E-state index contributed by atoms with van der Waals surface area (Å²) >= 11 is 0. The number of para-hydroxylation sites is 3. The monoisotopic (exact) mass is 668 g/mol. The molecule has 0 aliphatic carbocycles. The Morgan fingerprint density at radius 2 is 1.08 bits per heavy atom. The van der Waals surface area contributed by atoms with E-state index in [4.69, 9.17) is 4.98 Å². The Hall–Kier alpha value is -5.35. The molecule has 0 amide bonds. The fraction of sp³-hybridized carbons (Fsp3) is 0.255. The van der Waals surface area contributed by atoms with Gasteiger partial charge >= 0.3 is 0 Å². The van der Waals surface area contributed by atoms with Crippen molar-refractivity contribution in [2.45, 2.75) is 71.6 Å². The third kappa shape index (κ3) is 5.67. The van der Waals surface area contributed by atoms with Crippen LogP contribution in [0.25, 0.3) is 27.6 Å². The van der Waals surface area contributed by atoms with Gasteiger partial charge in [-0.25, -0.2) is 4.98 Å². The zero-order chi connectivity index (χ0) is 35.7. The molecule has 4 nitrogen and oxygen atoms in total. The van der Waals surface area contributed by atoms with Gasteiger partial charge in [-0.2, -0.15) is 0 Å². The first-order valence-electron chi connectivity index (χ1n) is 18.2. The quantitative estimate of drug-likeness (QED) is 0.182. The molecule has 0 bridgehead atoms. The van der Waals surface area contributed by atoms with Crippen molar-refractivity contribution in [2.75, 3.05) is 16.5 Å². The van der Waals surface area contributed by atoms with Crippen LogP contribution in [0.1, 0.15) is 77.6 Å². The van der Waals surface area contributed by atoms with Crippen molar-refractivity contribution < 1.29 is 0 Å². The Balaban J connectivity index is 1.19. The van der Waals surface area contributed by atoms with Gasteiger partial charge in [-0.3, -0.25) is 4.57 Å². The predicted octanol–water partition coefficient (Wildman–Crippen LogP) is 12.3. The van der Waals surface area contributed by atoms with Gasteiger partial charge in [-0.05, 0) is 93.7 Å². The van der Waals surface area contributed by atoms with Crippen molar-refractivity contribution in [1.29, 1.82) is 0 Å². The maximum atomic E-state index is 4.92. The summed E-state index contributed by atoms with van der Waals surface area (Å²) in [7, 11) is 0. The second-order valence-corrected chi connectivity index (χ2v) is 16.7. The van der Waals surface area contributed by atoms with Gasteiger partial charge in [0.15, 0.2) is 0 Å². The molecule has 0 spiro atoms. The topological polar surface area (TPSA) is 24.3 Å². The lowest BCUT2D eigenvalue weighted by Crippen LogP contribution is -2.25. The molecule has 0 atom stereocenters. The van der Waals surface area contributed by atoms with Gasteiger partial charge in [0.1, 0.15) is 12.5 Å². The molecule has 51 heavy (non-hydrogen) atoms. The summed E-state index contributed by atoms with van der Waals surface area (Å²) in [6, 6.07) is 47.1. The Morgan fingerprint density at radius 1 is 0.471 bits per heavy atom. The van der Waals surface area contributed by atoms with E-state index in [1.54, 1.807) is 0 Å². The molecule has 0 saturated carbocycles. The number of pyridine rings is 1. The molecule has 2 aromatic heterocycles. The van der Waals surface area contributed by atoms with E-state index in [0.29, 0.717) is 0 Å². The van der Waals surface area contributed by atoms with Gasteiger partial charge in [0.25, 0.3) is 0 Å². The number of hydrogen-bond donors (Lipinski definition) is 0. The van der Waals surface area contributed by atoms with Crippen molar-refractivity contribution in [2.24, 2.45) is 0 Å². The molecule has 256 valence electrons. The molecule has 0 radical (unpaired) electrons. The number of benzene rings is 5. The van der Waals surface area contributed by atoms with Crippen LogP contribution in [0.4, 0.5) is 22.7 Å². The van der Waals surface area contributed by atoms with Crippen LogP contribution < -0.4 is 9.80 Å². The first-order chi connectivity index (χ1) is 24.3. The number of nitrogens with zero attached hydrogens (tertiary/aromatic N) is 4. The Bertz CT molecular complexity index is 2400. The lowest BCUT2D eigenvalue weighted by Gasteiger charge is -2.29. The molecule has 1 aliphatic heterocycles.